The predicted molar refractivity (Wildman–Crippen MR) is 76.7 cm³/mol. The van der Waals surface area contributed by atoms with Gasteiger partial charge in [0, 0.05) is 19.0 Å². The Kier molecular flexibility index (Phi) is 4.87. The summed E-state index contributed by atoms with van der Waals surface area (Å²) in [6.07, 6.45) is 1.75. The van der Waals surface area contributed by atoms with Gasteiger partial charge in [0.15, 0.2) is 0 Å². The van der Waals surface area contributed by atoms with Gasteiger partial charge >= 0.3 is 0 Å². The van der Waals surface area contributed by atoms with Gasteiger partial charge in [-0.25, -0.2) is 9.37 Å². The van der Waals surface area contributed by atoms with Crippen LogP contribution in [0.4, 0.5) is 10.2 Å². The van der Waals surface area contributed by atoms with Gasteiger partial charge in [-0.15, -0.1) is 0 Å². The summed E-state index contributed by atoms with van der Waals surface area (Å²) < 4.78 is 18.5. The Labute approximate surface area is 118 Å². The van der Waals surface area contributed by atoms with E-state index in [9.17, 15) is 4.39 Å². The molecule has 0 atom stereocenters. The number of ether oxygens (including phenoxy) is 1. The van der Waals surface area contributed by atoms with E-state index in [0.29, 0.717) is 11.6 Å². The van der Waals surface area contributed by atoms with Gasteiger partial charge in [0.05, 0.1) is 0 Å². The molecule has 1 heterocycles. The van der Waals surface area contributed by atoms with Crippen molar-refractivity contribution < 1.29 is 9.13 Å². The molecular weight excluding hydrogens is 257 g/mol. The number of halogens is 1. The Morgan fingerprint density at radius 3 is 2.55 bits per heavy atom. The van der Waals surface area contributed by atoms with Gasteiger partial charge in [-0.3, -0.25) is 0 Å². The lowest BCUT2D eigenvalue weighted by molar-refractivity contribution is 0.457. The highest BCUT2D eigenvalue weighted by atomic mass is 19.1. The van der Waals surface area contributed by atoms with E-state index in [0.717, 1.165) is 31.0 Å². The third-order valence-electron chi connectivity index (χ3n) is 2.62. The van der Waals surface area contributed by atoms with Crippen LogP contribution in [-0.2, 0) is 6.42 Å². The highest BCUT2D eigenvalue weighted by Gasteiger charge is 2.06. The second-order valence-corrected chi connectivity index (χ2v) is 4.34. The fraction of sp³-hybridized carbons (Fsp3) is 0.333. The van der Waals surface area contributed by atoms with Crippen molar-refractivity contribution in [3.05, 3.63) is 42.0 Å². The minimum absolute atomic E-state index is 0.292. The van der Waals surface area contributed by atoms with Gasteiger partial charge in [0.1, 0.15) is 23.2 Å². The van der Waals surface area contributed by atoms with Gasteiger partial charge in [0.25, 0.3) is 0 Å². The Morgan fingerprint density at radius 1 is 1.15 bits per heavy atom. The zero-order chi connectivity index (χ0) is 14.4. The quantitative estimate of drug-likeness (QED) is 0.871. The number of aryl methyl sites for hydroxylation is 1. The first-order chi connectivity index (χ1) is 9.71. The molecule has 0 saturated heterocycles. The van der Waals surface area contributed by atoms with Crippen molar-refractivity contribution in [3.8, 4) is 11.6 Å². The summed E-state index contributed by atoms with van der Waals surface area (Å²) in [5.41, 5.74) is 0. The van der Waals surface area contributed by atoms with Crippen LogP contribution < -0.4 is 10.1 Å². The maximum absolute atomic E-state index is 12.9. The van der Waals surface area contributed by atoms with Gasteiger partial charge in [-0.1, -0.05) is 6.92 Å². The fourth-order valence-corrected chi connectivity index (χ4v) is 1.76. The molecule has 1 aromatic heterocycles. The molecule has 5 heteroatoms. The summed E-state index contributed by atoms with van der Waals surface area (Å²) in [6, 6.07) is 7.60. The van der Waals surface area contributed by atoms with E-state index in [1.54, 1.807) is 18.2 Å². The summed E-state index contributed by atoms with van der Waals surface area (Å²) in [5.74, 6) is 2.20. The number of rotatable bonds is 6. The molecule has 1 aromatic carbocycles. The van der Waals surface area contributed by atoms with Crippen molar-refractivity contribution in [2.24, 2.45) is 0 Å². The van der Waals surface area contributed by atoms with E-state index < -0.39 is 0 Å². The standard InChI is InChI=1S/C15H18FN3O/c1-3-5-13-18-14(17-4-2)10-15(19-13)20-12-8-6-11(16)7-9-12/h6-10H,3-5H2,1-2H3,(H,17,18,19). The Balaban J connectivity index is 2.22. The molecule has 1 N–H and O–H groups in total. The molecule has 0 amide bonds. The summed E-state index contributed by atoms with van der Waals surface area (Å²) in [6.45, 7) is 4.85. The van der Waals surface area contributed by atoms with E-state index in [-0.39, 0.29) is 5.82 Å². The molecule has 0 spiro atoms. The van der Waals surface area contributed by atoms with Crippen LogP contribution in [0.25, 0.3) is 0 Å². The lowest BCUT2D eigenvalue weighted by atomic mass is 10.3. The molecule has 0 aliphatic rings. The molecule has 0 bridgehead atoms. The average Bonchev–Trinajstić information content (AvgIpc) is 2.42. The van der Waals surface area contributed by atoms with E-state index in [1.807, 2.05) is 6.92 Å². The molecule has 2 aromatic rings. The first kappa shape index (κ1) is 14.2. The van der Waals surface area contributed by atoms with Crippen LogP contribution in [0.15, 0.2) is 30.3 Å². The molecule has 0 radical (unpaired) electrons. The van der Waals surface area contributed by atoms with Crippen LogP contribution in [0.1, 0.15) is 26.1 Å². The zero-order valence-electron chi connectivity index (χ0n) is 11.7. The SMILES string of the molecule is CCCc1nc(NCC)cc(Oc2ccc(F)cc2)n1. The number of hydrogen-bond donors (Lipinski definition) is 1. The van der Waals surface area contributed by atoms with Gasteiger partial charge in [0.2, 0.25) is 5.88 Å². The molecule has 0 unspecified atom stereocenters. The van der Waals surface area contributed by atoms with Crippen LogP contribution >= 0.6 is 0 Å². The van der Waals surface area contributed by atoms with Crippen LogP contribution in [0.5, 0.6) is 11.6 Å². The molecule has 0 aliphatic heterocycles. The monoisotopic (exact) mass is 275 g/mol. The number of benzene rings is 1. The predicted octanol–water partition coefficient (Wildman–Crippen LogP) is 3.79. The average molecular weight is 275 g/mol. The number of aromatic nitrogens is 2. The minimum Gasteiger partial charge on any atom is -0.439 e. The van der Waals surface area contributed by atoms with Crippen LogP contribution in [0.2, 0.25) is 0 Å². The van der Waals surface area contributed by atoms with E-state index in [2.05, 4.69) is 22.2 Å². The molecular formula is C15H18FN3O. The minimum atomic E-state index is -0.292. The van der Waals surface area contributed by atoms with Crippen molar-refractivity contribution in [1.29, 1.82) is 0 Å². The number of nitrogens with one attached hydrogen (secondary N) is 1. The van der Waals surface area contributed by atoms with Gasteiger partial charge in [-0.2, -0.15) is 4.98 Å². The topological polar surface area (TPSA) is 47.0 Å². The smallest absolute Gasteiger partial charge is 0.224 e. The molecule has 0 aliphatic carbocycles. The van der Waals surface area contributed by atoms with Gasteiger partial charge < -0.3 is 10.1 Å². The van der Waals surface area contributed by atoms with Crippen LogP contribution in [-0.4, -0.2) is 16.5 Å². The normalized spacial score (nSPS) is 10.3. The second-order valence-electron chi connectivity index (χ2n) is 4.34. The summed E-state index contributed by atoms with van der Waals surface area (Å²) in [4.78, 5) is 8.76. The van der Waals surface area contributed by atoms with Gasteiger partial charge in [-0.05, 0) is 37.6 Å². The lowest BCUT2D eigenvalue weighted by Gasteiger charge is -2.09. The Bertz CT molecular complexity index is 533. The first-order valence-corrected chi connectivity index (χ1v) is 6.76. The van der Waals surface area contributed by atoms with Crippen molar-refractivity contribution in [1.82, 2.24) is 9.97 Å². The van der Waals surface area contributed by atoms with Crippen molar-refractivity contribution >= 4 is 5.82 Å². The van der Waals surface area contributed by atoms with E-state index in [4.69, 9.17) is 4.74 Å². The fourth-order valence-electron chi connectivity index (χ4n) is 1.76. The maximum atomic E-state index is 12.9. The molecule has 0 fully saturated rings. The summed E-state index contributed by atoms with van der Waals surface area (Å²) in [5, 5.41) is 3.15. The lowest BCUT2D eigenvalue weighted by Crippen LogP contribution is -2.04. The molecule has 106 valence electrons. The number of hydrogen-bond acceptors (Lipinski definition) is 4. The van der Waals surface area contributed by atoms with Crippen molar-refractivity contribution in [2.45, 2.75) is 26.7 Å². The second kappa shape index (κ2) is 6.84. The largest absolute Gasteiger partial charge is 0.439 e. The third kappa shape index (κ3) is 3.91. The highest BCUT2D eigenvalue weighted by molar-refractivity contribution is 5.40. The molecule has 4 nitrogen and oxygen atoms in total. The third-order valence-corrected chi connectivity index (χ3v) is 2.62. The zero-order valence-corrected chi connectivity index (χ0v) is 11.7. The van der Waals surface area contributed by atoms with Crippen LogP contribution in [0, 0.1) is 5.82 Å². The molecule has 0 saturated carbocycles. The van der Waals surface area contributed by atoms with Crippen molar-refractivity contribution in [3.63, 3.8) is 0 Å². The first-order valence-electron chi connectivity index (χ1n) is 6.76. The molecule has 2 rings (SSSR count). The maximum Gasteiger partial charge on any atom is 0.224 e. The number of nitrogens with zero attached hydrogens (tertiary/aromatic N) is 2. The van der Waals surface area contributed by atoms with Crippen molar-refractivity contribution in [2.75, 3.05) is 11.9 Å². The van der Waals surface area contributed by atoms with Crippen LogP contribution in [0.3, 0.4) is 0 Å². The Morgan fingerprint density at radius 2 is 1.90 bits per heavy atom. The summed E-state index contributed by atoms with van der Waals surface area (Å²) >= 11 is 0. The molecule has 20 heavy (non-hydrogen) atoms. The number of anilines is 1. The highest BCUT2D eigenvalue weighted by Crippen LogP contribution is 2.22. The van der Waals surface area contributed by atoms with E-state index in [1.165, 1.54) is 12.1 Å². The summed E-state index contributed by atoms with van der Waals surface area (Å²) in [7, 11) is 0. The van der Waals surface area contributed by atoms with E-state index >= 15 is 0 Å². The Hall–Kier alpha value is -2.17.